The Morgan fingerprint density at radius 2 is 0.852 bits per heavy atom. The maximum atomic E-state index is 7.92. The average Bonchev–Trinajstić information content (AvgIpc) is 3.50. The maximum absolute atomic E-state index is 7.92. The Bertz CT molecular complexity index is 4090. The summed E-state index contributed by atoms with van der Waals surface area (Å²) >= 11 is 0. The molecule has 2 aromatic heterocycles. The molecule has 14 rings (SSSR count). The summed E-state index contributed by atoms with van der Waals surface area (Å²) in [5.74, 6) is 0. The number of nitrogens with zero attached hydrogens (tertiary/aromatic N) is 3. The molecule has 5 heteroatoms. The van der Waals surface area contributed by atoms with Crippen molar-refractivity contribution in [3.8, 4) is 5.69 Å². The summed E-state index contributed by atoms with van der Waals surface area (Å²) in [7, 11) is 0. The fourth-order valence-electron chi connectivity index (χ4n) is 15.8. The summed E-state index contributed by atoms with van der Waals surface area (Å²) in [6.45, 7) is 43.8. The van der Waals surface area contributed by atoms with Gasteiger partial charge in [-0.3, -0.25) is 0 Å². The second-order valence-electron chi connectivity index (χ2n) is 31.8. The highest BCUT2D eigenvalue weighted by molar-refractivity contribution is 7.00. The molecule has 4 nitrogen and oxygen atoms in total. The number of benzene rings is 7. The zero-order valence-corrected chi connectivity index (χ0v) is 52.1. The molecule has 4 heterocycles. The Hall–Kier alpha value is -6.46. The van der Waals surface area contributed by atoms with Crippen LogP contribution in [0, 0.1) is 0 Å². The van der Waals surface area contributed by atoms with E-state index in [4.69, 9.17) is 4.42 Å². The third kappa shape index (κ3) is 7.67. The first-order valence-electron chi connectivity index (χ1n) is 30.7. The van der Waals surface area contributed by atoms with Gasteiger partial charge in [-0.1, -0.05) is 179 Å². The van der Waals surface area contributed by atoms with Crippen molar-refractivity contribution in [2.45, 2.75) is 206 Å². The fraction of sp³-hybridized carbons (Fsp3) is 0.421. The average molecular weight is 1070 g/mol. The van der Waals surface area contributed by atoms with Gasteiger partial charge in [0.25, 0.3) is 6.71 Å². The zero-order chi connectivity index (χ0) is 57.3. The molecular formula is C76H86BN3O. The number of aromatic nitrogens is 1. The minimum Gasteiger partial charge on any atom is -0.468 e. The minimum atomic E-state index is -0.197. The molecule has 0 fully saturated rings. The number of para-hydroxylation sites is 2. The number of hydrogen-bond acceptors (Lipinski definition) is 3. The van der Waals surface area contributed by atoms with E-state index in [9.17, 15) is 0 Å². The topological polar surface area (TPSA) is 24.6 Å². The number of hydrogen-bond donors (Lipinski definition) is 0. The molecule has 0 spiro atoms. The van der Waals surface area contributed by atoms with Crippen LogP contribution in [0.4, 0.5) is 34.1 Å². The summed E-state index contributed by atoms with van der Waals surface area (Å²) in [6.07, 6.45) is 6.86. The highest BCUT2D eigenvalue weighted by Crippen LogP contribution is 2.56. The summed E-state index contributed by atoms with van der Waals surface area (Å²) in [6, 6.07) is 48.8. The molecule has 5 aliphatic rings. The van der Waals surface area contributed by atoms with E-state index in [0.717, 1.165) is 49.0 Å². The first-order valence-corrected chi connectivity index (χ1v) is 30.7. The van der Waals surface area contributed by atoms with E-state index in [2.05, 4.69) is 260 Å². The summed E-state index contributed by atoms with van der Waals surface area (Å²) in [4.78, 5) is 5.42. The molecule has 0 bridgehead atoms. The first-order chi connectivity index (χ1) is 37.9. The van der Waals surface area contributed by atoms with E-state index in [1.165, 1.54) is 123 Å². The molecule has 7 aromatic carbocycles. The molecule has 9 aromatic rings. The van der Waals surface area contributed by atoms with Gasteiger partial charge >= 0.3 is 0 Å². The van der Waals surface area contributed by atoms with Crippen LogP contribution >= 0.6 is 0 Å². The van der Waals surface area contributed by atoms with Crippen LogP contribution in [0.25, 0.3) is 38.5 Å². The summed E-state index contributed by atoms with van der Waals surface area (Å²) < 4.78 is 10.5. The molecule has 2 aliphatic heterocycles. The minimum absolute atomic E-state index is 0.00178. The van der Waals surface area contributed by atoms with Crippen LogP contribution in [0.5, 0.6) is 0 Å². The normalized spacial score (nSPS) is 19.7. The molecule has 0 amide bonds. The van der Waals surface area contributed by atoms with Crippen LogP contribution in [0.15, 0.2) is 126 Å². The standard InChI is InChI=1S/C76H86BN3O/c1-69(2,3)45-35-46(70(4,5)6)37-48(36-45)79-62-43-57-56(74(13,14)32-33-75(57,15)16)42-59(62)77-66-63(79)39-49(78-60-25-21-19-23-50(60)51-24-20-22-26-61(51)78)40-64(66)80(47-27-28-53-54(38-47)72(9,10)30-29-71(53,7)8)67-52-41-55-58(44-65(52)81-68(67)77)76(17,18)34-31-73(55,11)12/h19-28,35-44H,29-34H2,1-18H3. The van der Waals surface area contributed by atoms with Crippen LogP contribution in [-0.4, -0.2) is 11.3 Å². The van der Waals surface area contributed by atoms with Crippen molar-refractivity contribution >= 4 is 90.2 Å². The number of anilines is 6. The van der Waals surface area contributed by atoms with Gasteiger partial charge in [0.1, 0.15) is 5.58 Å². The Kier molecular flexibility index (Phi) is 10.8. The lowest BCUT2D eigenvalue weighted by atomic mass is 9.35. The second kappa shape index (κ2) is 16.6. The number of fused-ring (bicyclic) bond motifs is 12. The molecule has 0 saturated heterocycles. The fourth-order valence-corrected chi connectivity index (χ4v) is 15.8. The molecule has 0 saturated carbocycles. The predicted octanol–water partition coefficient (Wildman–Crippen LogP) is 19.3. The van der Waals surface area contributed by atoms with Crippen LogP contribution in [0.3, 0.4) is 0 Å². The number of rotatable bonds is 3. The van der Waals surface area contributed by atoms with E-state index >= 15 is 0 Å². The molecule has 3 aliphatic carbocycles. The second-order valence-corrected chi connectivity index (χ2v) is 31.8. The van der Waals surface area contributed by atoms with E-state index in [-0.39, 0.29) is 50.0 Å². The van der Waals surface area contributed by atoms with Gasteiger partial charge in [0.2, 0.25) is 0 Å². The largest absolute Gasteiger partial charge is 0.468 e. The van der Waals surface area contributed by atoms with Crippen molar-refractivity contribution < 1.29 is 4.42 Å². The van der Waals surface area contributed by atoms with Crippen LogP contribution in [0.1, 0.15) is 208 Å². The quantitative estimate of drug-likeness (QED) is 0.165. The SMILES string of the molecule is CC(C)(C)c1cc(N2c3cc4c(cc3B3c5oc6cc7c(cc6c5N(c5ccc6c(c5)C(C)(C)CCC6(C)C)c5cc(-n6c8ccccc8c8ccccc86)cc2c53)C(C)(C)CCC7(C)C)C(C)(C)CCC4(C)C)cc(C(C)(C)C)c1. The number of furan rings is 1. The molecular weight excluding hydrogens is 982 g/mol. The van der Waals surface area contributed by atoms with Gasteiger partial charge < -0.3 is 18.8 Å². The van der Waals surface area contributed by atoms with E-state index in [1.807, 2.05) is 0 Å². The monoisotopic (exact) mass is 1070 g/mol. The highest BCUT2D eigenvalue weighted by atomic mass is 16.3. The Balaban J connectivity index is 1.20. The molecule has 0 atom stereocenters. The third-order valence-corrected chi connectivity index (χ3v) is 21.4. The predicted molar refractivity (Wildman–Crippen MR) is 348 cm³/mol. The van der Waals surface area contributed by atoms with Crippen molar-refractivity contribution in [1.29, 1.82) is 0 Å². The van der Waals surface area contributed by atoms with Gasteiger partial charge in [0, 0.05) is 44.6 Å². The molecule has 0 N–H and O–H groups in total. The van der Waals surface area contributed by atoms with E-state index in [1.54, 1.807) is 0 Å². The molecule has 414 valence electrons. The lowest BCUT2D eigenvalue weighted by molar-refractivity contribution is 0.332. The van der Waals surface area contributed by atoms with E-state index < -0.39 is 0 Å². The van der Waals surface area contributed by atoms with Crippen molar-refractivity contribution in [2.24, 2.45) is 0 Å². The van der Waals surface area contributed by atoms with Gasteiger partial charge in [-0.05, 0) is 204 Å². The Morgan fingerprint density at radius 1 is 0.395 bits per heavy atom. The van der Waals surface area contributed by atoms with Gasteiger partial charge in [-0.2, -0.15) is 0 Å². The third-order valence-electron chi connectivity index (χ3n) is 21.4. The molecule has 0 unspecified atom stereocenters. The first kappa shape index (κ1) is 52.6. The molecule has 81 heavy (non-hydrogen) atoms. The van der Waals surface area contributed by atoms with Gasteiger partial charge in [0.05, 0.1) is 28.1 Å². The van der Waals surface area contributed by atoms with Gasteiger partial charge in [0.15, 0.2) is 0 Å². The van der Waals surface area contributed by atoms with Gasteiger partial charge in [-0.25, -0.2) is 0 Å². The molecule has 0 radical (unpaired) electrons. The summed E-state index contributed by atoms with van der Waals surface area (Å²) in [5, 5.41) is 3.73. The van der Waals surface area contributed by atoms with Crippen LogP contribution in [0.2, 0.25) is 0 Å². The van der Waals surface area contributed by atoms with Gasteiger partial charge in [-0.15, -0.1) is 0 Å². The summed E-state index contributed by atoms with van der Waals surface area (Å²) in [5.41, 5.74) is 26.8. The zero-order valence-electron chi connectivity index (χ0n) is 52.1. The smallest absolute Gasteiger partial charge is 0.297 e. The lowest BCUT2D eigenvalue weighted by Gasteiger charge is -2.47. The van der Waals surface area contributed by atoms with Crippen LogP contribution in [-0.2, 0) is 43.3 Å². The Morgan fingerprint density at radius 3 is 1.38 bits per heavy atom. The van der Waals surface area contributed by atoms with E-state index in [0.29, 0.717) is 0 Å². The Labute approximate surface area is 484 Å². The highest BCUT2D eigenvalue weighted by Gasteiger charge is 2.51. The van der Waals surface area contributed by atoms with Crippen molar-refractivity contribution in [3.63, 3.8) is 0 Å². The van der Waals surface area contributed by atoms with Crippen molar-refractivity contribution in [2.75, 3.05) is 9.80 Å². The van der Waals surface area contributed by atoms with Crippen molar-refractivity contribution in [3.05, 3.63) is 166 Å². The van der Waals surface area contributed by atoms with Crippen LogP contribution < -0.4 is 26.4 Å². The lowest BCUT2D eigenvalue weighted by Crippen LogP contribution is -2.61. The maximum Gasteiger partial charge on any atom is 0.297 e. The van der Waals surface area contributed by atoms with Crippen molar-refractivity contribution in [1.82, 2.24) is 4.57 Å².